The number of nitrogens with one attached hydrogen (secondary N) is 1. The predicted molar refractivity (Wildman–Crippen MR) is 72.8 cm³/mol. The van der Waals surface area contributed by atoms with Gasteiger partial charge in [0.05, 0.1) is 25.2 Å². The topological polar surface area (TPSA) is 47.0 Å². The molecule has 1 N–H and O–H groups in total. The van der Waals surface area contributed by atoms with Gasteiger partial charge in [-0.15, -0.1) is 0 Å². The second-order valence-corrected chi connectivity index (χ2v) is 3.94. The van der Waals surface area contributed by atoms with E-state index in [9.17, 15) is 0 Å². The summed E-state index contributed by atoms with van der Waals surface area (Å²) in [4.78, 5) is 8.72. The molecule has 0 fully saturated rings. The van der Waals surface area contributed by atoms with Gasteiger partial charge in [0.1, 0.15) is 11.6 Å². The van der Waals surface area contributed by atoms with Crippen molar-refractivity contribution in [3.05, 3.63) is 36.7 Å². The van der Waals surface area contributed by atoms with E-state index in [4.69, 9.17) is 4.74 Å². The van der Waals surface area contributed by atoms with E-state index in [0.717, 1.165) is 35.8 Å². The summed E-state index contributed by atoms with van der Waals surface area (Å²) in [7, 11) is 1.66. The fourth-order valence-corrected chi connectivity index (χ4v) is 1.61. The first-order chi connectivity index (χ1) is 8.83. The van der Waals surface area contributed by atoms with Crippen molar-refractivity contribution < 1.29 is 4.74 Å². The molecule has 4 nitrogen and oxygen atoms in total. The maximum absolute atomic E-state index is 5.13. The van der Waals surface area contributed by atoms with Crippen LogP contribution in [-0.4, -0.2) is 23.6 Å². The molecule has 1 heterocycles. The van der Waals surface area contributed by atoms with E-state index in [2.05, 4.69) is 22.2 Å². The van der Waals surface area contributed by atoms with Crippen molar-refractivity contribution >= 4 is 5.82 Å². The van der Waals surface area contributed by atoms with Gasteiger partial charge in [-0.2, -0.15) is 0 Å². The van der Waals surface area contributed by atoms with Gasteiger partial charge >= 0.3 is 0 Å². The fourth-order valence-electron chi connectivity index (χ4n) is 1.61. The third-order valence-corrected chi connectivity index (χ3v) is 2.58. The van der Waals surface area contributed by atoms with Gasteiger partial charge < -0.3 is 10.1 Å². The highest BCUT2D eigenvalue weighted by Crippen LogP contribution is 2.20. The van der Waals surface area contributed by atoms with E-state index in [1.807, 2.05) is 24.3 Å². The molecule has 2 aromatic rings. The average Bonchev–Trinajstić information content (AvgIpc) is 2.45. The molecule has 0 unspecified atom stereocenters. The number of aromatic nitrogens is 2. The predicted octanol–water partition coefficient (Wildman–Crippen LogP) is 2.97. The average molecular weight is 243 g/mol. The highest BCUT2D eigenvalue weighted by molar-refractivity contribution is 5.60. The number of hydrogen-bond acceptors (Lipinski definition) is 4. The molecular weight excluding hydrogens is 226 g/mol. The molecule has 0 saturated carbocycles. The van der Waals surface area contributed by atoms with Crippen LogP contribution in [0.3, 0.4) is 0 Å². The summed E-state index contributed by atoms with van der Waals surface area (Å²) in [5.41, 5.74) is 1.89. The van der Waals surface area contributed by atoms with Crippen LogP contribution in [0.2, 0.25) is 0 Å². The minimum atomic E-state index is 0.810. The third kappa shape index (κ3) is 2.97. The number of rotatable bonds is 5. The summed E-state index contributed by atoms with van der Waals surface area (Å²) >= 11 is 0. The molecule has 0 aliphatic carbocycles. The molecule has 0 amide bonds. The Morgan fingerprint density at radius 1 is 1.17 bits per heavy atom. The Balaban J connectivity index is 2.20. The molecule has 0 saturated heterocycles. The summed E-state index contributed by atoms with van der Waals surface area (Å²) in [6, 6.07) is 7.80. The zero-order chi connectivity index (χ0) is 12.8. The molecule has 0 spiro atoms. The lowest BCUT2D eigenvalue weighted by Crippen LogP contribution is -2.02. The van der Waals surface area contributed by atoms with Gasteiger partial charge in [-0.3, -0.25) is 4.98 Å². The van der Waals surface area contributed by atoms with Crippen LogP contribution in [0.5, 0.6) is 5.75 Å². The standard InChI is InChI=1S/C14H17N3O/c1-3-8-16-14-10-15-9-13(17-14)11-4-6-12(18-2)7-5-11/h4-7,9-10H,3,8H2,1-2H3,(H,16,17). The van der Waals surface area contributed by atoms with Crippen LogP contribution in [0.1, 0.15) is 13.3 Å². The summed E-state index contributed by atoms with van der Waals surface area (Å²) in [5.74, 6) is 1.65. The van der Waals surface area contributed by atoms with Crippen molar-refractivity contribution in [3.63, 3.8) is 0 Å². The molecule has 18 heavy (non-hydrogen) atoms. The summed E-state index contributed by atoms with van der Waals surface area (Å²) in [6.07, 6.45) is 4.57. The maximum atomic E-state index is 5.13. The second kappa shape index (κ2) is 6.00. The van der Waals surface area contributed by atoms with E-state index in [1.54, 1.807) is 19.5 Å². The molecule has 0 radical (unpaired) electrons. The minimum Gasteiger partial charge on any atom is -0.497 e. The molecular formula is C14H17N3O. The quantitative estimate of drug-likeness (QED) is 0.877. The zero-order valence-electron chi connectivity index (χ0n) is 10.7. The third-order valence-electron chi connectivity index (χ3n) is 2.58. The number of nitrogens with zero attached hydrogens (tertiary/aromatic N) is 2. The molecule has 1 aromatic heterocycles. The van der Waals surface area contributed by atoms with E-state index in [0.29, 0.717) is 0 Å². The molecule has 2 rings (SSSR count). The number of ether oxygens (including phenoxy) is 1. The fraction of sp³-hybridized carbons (Fsp3) is 0.286. The first-order valence-corrected chi connectivity index (χ1v) is 6.04. The molecule has 4 heteroatoms. The van der Waals surface area contributed by atoms with Gasteiger partial charge in [-0.25, -0.2) is 4.98 Å². The van der Waals surface area contributed by atoms with E-state index < -0.39 is 0 Å². The lowest BCUT2D eigenvalue weighted by atomic mass is 10.1. The normalized spacial score (nSPS) is 10.1. The van der Waals surface area contributed by atoms with Crippen LogP contribution >= 0.6 is 0 Å². The van der Waals surface area contributed by atoms with Crippen molar-refractivity contribution in [2.45, 2.75) is 13.3 Å². The lowest BCUT2D eigenvalue weighted by molar-refractivity contribution is 0.415. The van der Waals surface area contributed by atoms with E-state index >= 15 is 0 Å². The number of benzene rings is 1. The summed E-state index contributed by atoms with van der Waals surface area (Å²) in [5, 5.41) is 3.23. The Morgan fingerprint density at radius 3 is 2.61 bits per heavy atom. The number of anilines is 1. The zero-order valence-corrected chi connectivity index (χ0v) is 10.7. The molecule has 0 aliphatic rings. The Kier molecular flexibility index (Phi) is 4.12. The second-order valence-electron chi connectivity index (χ2n) is 3.94. The molecule has 0 atom stereocenters. The molecule has 1 aromatic carbocycles. The Morgan fingerprint density at radius 2 is 1.94 bits per heavy atom. The van der Waals surface area contributed by atoms with E-state index in [-0.39, 0.29) is 0 Å². The molecule has 0 bridgehead atoms. The highest BCUT2D eigenvalue weighted by atomic mass is 16.5. The largest absolute Gasteiger partial charge is 0.497 e. The van der Waals surface area contributed by atoms with Gasteiger partial charge in [0, 0.05) is 12.1 Å². The van der Waals surface area contributed by atoms with Gasteiger partial charge in [-0.1, -0.05) is 6.92 Å². The highest BCUT2D eigenvalue weighted by Gasteiger charge is 2.02. The minimum absolute atomic E-state index is 0.810. The number of hydrogen-bond donors (Lipinski definition) is 1. The van der Waals surface area contributed by atoms with Gasteiger partial charge in [0.2, 0.25) is 0 Å². The van der Waals surface area contributed by atoms with Crippen molar-refractivity contribution in [2.75, 3.05) is 19.0 Å². The van der Waals surface area contributed by atoms with Crippen LogP contribution in [0.15, 0.2) is 36.7 Å². The SMILES string of the molecule is CCCNc1cncc(-c2ccc(OC)cc2)n1. The summed E-state index contributed by atoms with van der Waals surface area (Å²) in [6.45, 7) is 3.02. The maximum Gasteiger partial charge on any atom is 0.145 e. The van der Waals surface area contributed by atoms with Crippen molar-refractivity contribution in [2.24, 2.45) is 0 Å². The van der Waals surface area contributed by atoms with Crippen LogP contribution in [0.4, 0.5) is 5.82 Å². The van der Waals surface area contributed by atoms with Gasteiger partial charge in [0.25, 0.3) is 0 Å². The van der Waals surface area contributed by atoms with Crippen molar-refractivity contribution in [3.8, 4) is 17.0 Å². The van der Waals surface area contributed by atoms with Gasteiger partial charge in [-0.05, 0) is 30.7 Å². The van der Waals surface area contributed by atoms with Crippen LogP contribution in [0, 0.1) is 0 Å². The Hall–Kier alpha value is -2.10. The summed E-state index contributed by atoms with van der Waals surface area (Å²) < 4.78 is 5.13. The smallest absolute Gasteiger partial charge is 0.145 e. The van der Waals surface area contributed by atoms with Gasteiger partial charge in [0.15, 0.2) is 0 Å². The van der Waals surface area contributed by atoms with Crippen LogP contribution < -0.4 is 10.1 Å². The van der Waals surface area contributed by atoms with Crippen LogP contribution in [0.25, 0.3) is 11.3 Å². The van der Waals surface area contributed by atoms with Crippen molar-refractivity contribution in [1.82, 2.24) is 9.97 Å². The Labute approximate surface area is 107 Å². The van der Waals surface area contributed by atoms with Crippen molar-refractivity contribution in [1.29, 1.82) is 0 Å². The lowest BCUT2D eigenvalue weighted by Gasteiger charge is -2.06. The number of methoxy groups -OCH3 is 1. The van der Waals surface area contributed by atoms with Crippen LogP contribution in [-0.2, 0) is 0 Å². The first-order valence-electron chi connectivity index (χ1n) is 6.04. The monoisotopic (exact) mass is 243 g/mol. The van der Waals surface area contributed by atoms with E-state index in [1.165, 1.54) is 0 Å². The molecule has 0 aliphatic heterocycles. The molecule has 94 valence electrons. The Bertz CT molecular complexity index is 497. The first kappa shape index (κ1) is 12.4.